The zero-order chi connectivity index (χ0) is 6.43. The van der Waals surface area contributed by atoms with Crippen LogP contribution < -0.4 is 0 Å². The summed E-state index contributed by atoms with van der Waals surface area (Å²) in [5, 5.41) is 0.566. The van der Waals surface area contributed by atoms with Gasteiger partial charge in [0.15, 0.2) is 0 Å². The van der Waals surface area contributed by atoms with Gasteiger partial charge in [-0.1, -0.05) is 0 Å². The second kappa shape index (κ2) is 2.03. The van der Waals surface area contributed by atoms with Crippen molar-refractivity contribution in [3.05, 3.63) is 0 Å². The zero-order valence-corrected chi connectivity index (χ0v) is 6.70. The molecule has 2 fully saturated rings. The molecule has 2 aliphatic carbocycles. The maximum Gasteiger partial charge on any atom is 0.0530 e. The summed E-state index contributed by atoms with van der Waals surface area (Å²) in [6, 6.07) is 0. The van der Waals surface area contributed by atoms with Gasteiger partial charge >= 0.3 is 0 Å². The summed E-state index contributed by atoms with van der Waals surface area (Å²) in [5.74, 6) is 1.50. The average Bonchev–Trinajstić information content (AvgIpc) is 2.37. The minimum atomic E-state index is 0.283. The fraction of sp³-hybridized carbons (Fsp3) is 1.00. The first kappa shape index (κ1) is 6.30. The van der Waals surface area contributed by atoms with Crippen molar-refractivity contribution in [2.24, 2.45) is 11.8 Å². The smallest absolute Gasteiger partial charge is 0.0530 e. The first-order valence-corrected chi connectivity index (χ1v) is 4.44. The predicted molar refractivity (Wildman–Crippen MR) is 40.1 cm³/mol. The van der Waals surface area contributed by atoms with Crippen LogP contribution in [-0.4, -0.2) is 10.8 Å². The van der Waals surface area contributed by atoms with E-state index >= 15 is 0 Å². The van der Waals surface area contributed by atoms with E-state index in [0.29, 0.717) is 0 Å². The molecule has 0 aliphatic heterocycles. The van der Waals surface area contributed by atoms with Crippen molar-refractivity contribution < 1.29 is 0 Å². The molecule has 0 aromatic rings. The molecule has 2 bridgehead atoms. The lowest BCUT2D eigenvalue weighted by atomic mass is 10.00. The number of hydrogen-bond acceptors (Lipinski definition) is 0. The Morgan fingerprint density at radius 3 is 1.56 bits per heavy atom. The Morgan fingerprint density at radius 1 is 0.889 bits per heavy atom. The monoisotopic (exact) mass is 164 g/mol. The van der Waals surface area contributed by atoms with Crippen molar-refractivity contribution in [2.45, 2.75) is 30.0 Å². The molecule has 0 saturated heterocycles. The fourth-order valence-electron chi connectivity index (χ4n) is 2.15. The van der Waals surface area contributed by atoms with E-state index in [2.05, 4.69) is 0 Å². The summed E-state index contributed by atoms with van der Waals surface area (Å²) in [7, 11) is 0. The Kier molecular flexibility index (Phi) is 1.42. The quantitative estimate of drug-likeness (QED) is 0.484. The molecule has 2 saturated carbocycles. The molecule has 0 aromatic heterocycles. The van der Waals surface area contributed by atoms with Crippen LogP contribution in [0.25, 0.3) is 0 Å². The molecule has 0 amide bonds. The van der Waals surface area contributed by atoms with Gasteiger partial charge in [0.25, 0.3) is 0 Å². The van der Waals surface area contributed by atoms with Gasteiger partial charge in [0.2, 0.25) is 0 Å². The molecule has 52 valence electrons. The van der Waals surface area contributed by atoms with Crippen LogP contribution in [-0.2, 0) is 0 Å². The molecule has 0 spiro atoms. The van der Waals surface area contributed by atoms with Crippen LogP contribution in [0.4, 0.5) is 0 Å². The maximum absolute atomic E-state index is 6.03. The van der Waals surface area contributed by atoms with Gasteiger partial charge in [-0.25, -0.2) is 0 Å². The topological polar surface area (TPSA) is 0 Å². The summed E-state index contributed by atoms with van der Waals surface area (Å²) in [5.41, 5.74) is 0. The van der Waals surface area contributed by atoms with Crippen LogP contribution >= 0.6 is 23.2 Å². The molecule has 4 unspecified atom stereocenters. The summed E-state index contributed by atoms with van der Waals surface area (Å²) in [6.45, 7) is 0. The molecule has 0 aromatic carbocycles. The van der Waals surface area contributed by atoms with Crippen LogP contribution in [0.3, 0.4) is 0 Å². The van der Waals surface area contributed by atoms with Crippen molar-refractivity contribution >= 4 is 23.2 Å². The Balaban J connectivity index is 2.15. The van der Waals surface area contributed by atoms with Gasteiger partial charge in [-0.15, -0.1) is 23.2 Å². The van der Waals surface area contributed by atoms with E-state index in [1.165, 1.54) is 19.3 Å². The predicted octanol–water partition coefficient (Wildman–Crippen LogP) is 2.63. The number of fused-ring (bicyclic) bond motifs is 2. The van der Waals surface area contributed by atoms with E-state index in [1.54, 1.807) is 0 Å². The highest BCUT2D eigenvalue weighted by molar-refractivity contribution is 6.30. The zero-order valence-electron chi connectivity index (χ0n) is 5.19. The highest BCUT2D eigenvalue weighted by Gasteiger charge is 2.45. The Labute approximate surface area is 65.5 Å². The number of rotatable bonds is 0. The molecule has 0 N–H and O–H groups in total. The molecular formula is C7H10Cl2. The third kappa shape index (κ3) is 0.798. The highest BCUT2D eigenvalue weighted by atomic mass is 35.5. The van der Waals surface area contributed by atoms with E-state index in [0.717, 1.165) is 11.8 Å². The standard InChI is InChI=1S/C7H10Cl2/c8-6-4-1-2-5(3-4)7(6)9/h4-7H,1-3H2. The van der Waals surface area contributed by atoms with Crippen molar-refractivity contribution in [2.75, 3.05) is 0 Å². The first-order valence-electron chi connectivity index (χ1n) is 3.57. The van der Waals surface area contributed by atoms with Gasteiger partial charge in [-0.2, -0.15) is 0 Å². The molecule has 4 atom stereocenters. The average molecular weight is 165 g/mol. The summed E-state index contributed by atoms with van der Waals surface area (Å²) >= 11 is 12.1. The first-order chi connectivity index (χ1) is 4.29. The highest BCUT2D eigenvalue weighted by Crippen LogP contribution is 2.49. The van der Waals surface area contributed by atoms with Crippen LogP contribution in [0.15, 0.2) is 0 Å². The number of alkyl halides is 2. The molecule has 2 heteroatoms. The minimum Gasteiger partial charge on any atom is -0.121 e. The van der Waals surface area contributed by atoms with Crippen LogP contribution in [0.2, 0.25) is 0 Å². The Hall–Kier alpha value is 0.580. The van der Waals surface area contributed by atoms with Gasteiger partial charge in [-0.05, 0) is 31.1 Å². The third-order valence-corrected chi connectivity index (χ3v) is 4.10. The summed E-state index contributed by atoms with van der Waals surface area (Å²) in [6.07, 6.45) is 3.94. The molecule has 0 radical (unpaired) electrons. The van der Waals surface area contributed by atoms with Crippen molar-refractivity contribution in [1.82, 2.24) is 0 Å². The van der Waals surface area contributed by atoms with Crippen molar-refractivity contribution in [3.8, 4) is 0 Å². The molecular weight excluding hydrogens is 155 g/mol. The Bertz CT molecular complexity index is 106. The van der Waals surface area contributed by atoms with E-state index in [-0.39, 0.29) is 10.8 Å². The molecule has 9 heavy (non-hydrogen) atoms. The lowest BCUT2D eigenvalue weighted by Gasteiger charge is -2.20. The van der Waals surface area contributed by atoms with E-state index < -0.39 is 0 Å². The van der Waals surface area contributed by atoms with Gasteiger partial charge in [0.05, 0.1) is 10.8 Å². The molecule has 2 aliphatic rings. The van der Waals surface area contributed by atoms with Gasteiger partial charge in [0, 0.05) is 0 Å². The Morgan fingerprint density at radius 2 is 1.33 bits per heavy atom. The van der Waals surface area contributed by atoms with Gasteiger partial charge < -0.3 is 0 Å². The van der Waals surface area contributed by atoms with Crippen molar-refractivity contribution in [1.29, 1.82) is 0 Å². The lowest BCUT2D eigenvalue weighted by molar-refractivity contribution is 0.494. The van der Waals surface area contributed by atoms with Crippen LogP contribution in [0, 0.1) is 11.8 Å². The van der Waals surface area contributed by atoms with Crippen molar-refractivity contribution in [3.63, 3.8) is 0 Å². The summed E-state index contributed by atoms with van der Waals surface area (Å²) < 4.78 is 0. The van der Waals surface area contributed by atoms with Gasteiger partial charge in [0.1, 0.15) is 0 Å². The second-order valence-corrected chi connectivity index (χ2v) is 4.23. The lowest BCUT2D eigenvalue weighted by Crippen LogP contribution is -2.22. The second-order valence-electron chi connectivity index (χ2n) is 3.22. The van der Waals surface area contributed by atoms with Crippen LogP contribution in [0.5, 0.6) is 0 Å². The molecule has 0 nitrogen and oxygen atoms in total. The molecule has 2 rings (SSSR count). The maximum atomic E-state index is 6.03. The fourth-order valence-corrected chi connectivity index (χ4v) is 3.02. The van der Waals surface area contributed by atoms with Crippen LogP contribution in [0.1, 0.15) is 19.3 Å². The normalized spacial score (nSPS) is 56.7. The van der Waals surface area contributed by atoms with E-state index in [1.807, 2.05) is 0 Å². The minimum absolute atomic E-state index is 0.283. The SMILES string of the molecule is ClC1C2CCC(C2)C1Cl. The largest absolute Gasteiger partial charge is 0.121 e. The van der Waals surface area contributed by atoms with Gasteiger partial charge in [-0.3, -0.25) is 0 Å². The summed E-state index contributed by atoms with van der Waals surface area (Å²) in [4.78, 5) is 0. The van der Waals surface area contributed by atoms with E-state index in [4.69, 9.17) is 23.2 Å². The number of halogens is 2. The third-order valence-electron chi connectivity index (χ3n) is 2.72. The molecule has 0 heterocycles. The number of hydrogen-bond donors (Lipinski definition) is 0. The van der Waals surface area contributed by atoms with E-state index in [9.17, 15) is 0 Å².